The van der Waals surface area contributed by atoms with Crippen LogP contribution in [0.15, 0.2) is 30.3 Å². The molecule has 0 aromatic heterocycles. The first-order valence-corrected chi connectivity index (χ1v) is 8.53. The summed E-state index contributed by atoms with van der Waals surface area (Å²) in [4.78, 5) is 16.8. The third-order valence-corrected chi connectivity index (χ3v) is 4.43. The third-order valence-electron chi connectivity index (χ3n) is 4.43. The normalized spacial score (nSPS) is 15.9. The highest BCUT2D eigenvalue weighted by Crippen LogP contribution is 2.18. The molecule has 1 amide bonds. The molecule has 1 N–H and O–H groups in total. The van der Waals surface area contributed by atoms with Crippen LogP contribution in [0.2, 0.25) is 0 Å². The molecule has 2 rings (SSSR count). The molecule has 1 aromatic rings. The Hall–Kier alpha value is -1.10. The number of para-hydroxylation sites is 1. The number of carbonyl (C=O) groups is 1. The van der Waals surface area contributed by atoms with E-state index in [1.807, 2.05) is 42.2 Å². The van der Waals surface area contributed by atoms with Crippen molar-refractivity contribution in [3.63, 3.8) is 0 Å². The van der Waals surface area contributed by atoms with Crippen LogP contribution in [-0.2, 0) is 4.79 Å². The van der Waals surface area contributed by atoms with Crippen LogP contribution in [-0.4, -0.2) is 50.1 Å². The fourth-order valence-corrected chi connectivity index (χ4v) is 3.08. The van der Waals surface area contributed by atoms with Gasteiger partial charge in [-0.2, -0.15) is 0 Å². The van der Waals surface area contributed by atoms with Gasteiger partial charge in [0, 0.05) is 12.2 Å². The van der Waals surface area contributed by atoms with Gasteiger partial charge in [0.1, 0.15) is 0 Å². The number of benzene rings is 1. The largest absolute Gasteiger partial charge is 0.317 e. The van der Waals surface area contributed by atoms with E-state index in [0.29, 0.717) is 6.54 Å². The van der Waals surface area contributed by atoms with Crippen molar-refractivity contribution in [1.29, 1.82) is 0 Å². The third kappa shape index (κ3) is 6.13. The summed E-state index contributed by atoms with van der Waals surface area (Å²) in [7, 11) is 0. The molecule has 0 atom stereocenters. The van der Waals surface area contributed by atoms with Gasteiger partial charge in [0.15, 0.2) is 0 Å². The Labute approximate surface area is 146 Å². The van der Waals surface area contributed by atoms with Crippen molar-refractivity contribution in [2.75, 3.05) is 44.2 Å². The Morgan fingerprint density at radius 2 is 1.87 bits per heavy atom. The van der Waals surface area contributed by atoms with Gasteiger partial charge >= 0.3 is 0 Å². The maximum absolute atomic E-state index is 12.6. The summed E-state index contributed by atoms with van der Waals surface area (Å²) in [5.41, 5.74) is 0.997. The number of nitrogens with one attached hydrogen (secondary N) is 1. The first-order chi connectivity index (χ1) is 10.7. The number of hydrogen-bond donors (Lipinski definition) is 1. The van der Waals surface area contributed by atoms with Gasteiger partial charge in [0.05, 0.1) is 6.54 Å². The lowest BCUT2D eigenvalue weighted by molar-refractivity contribution is -0.120. The number of carbonyl (C=O) groups excluding carboxylic acids is 1. The fraction of sp³-hybridized carbons (Fsp3) is 0.611. The summed E-state index contributed by atoms with van der Waals surface area (Å²) in [6.45, 7) is 9.67. The van der Waals surface area contributed by atoms with Gasteiger partial charge in [-0.3, -0.25) is 9.69 Å². The average molecular weight is 340 g/mol. The zero-order valence-corrected chi connectivity index (χ0v) is 15.1. The van der Waals surface area contributed by atoms with E-state index >= 15 is 0 Å². The van der Waals surface area contributed by atoms with E-state index in [0.717, 1.165) is 44.3 Å². The summed E-state index contributed by atoms with van der Waals surface area (Å²) in [6, 6.07) is 9.96. The van der Waals surface area contributed by atoms with Gasteiger partial charge in [0.25, 0.3) is 0 Å². The molecule has 0 aliphatic carbocycles. The van der Waals surface area contributed by atoms with Crippen molar-refractivity contribution in [2.24, 2.45) is 5.92 Å². The predicted molar refractivity (Wildman–Crippen MR) is 99.4 cm³/mol. The highest BCUT2D eigenvalue weighted by atomic mass is 35.5. The number of nitrogens with zero attached hydrogens (tertiary/aromatic N) is 2. The SMILES string of the molecule is CCNCC1CCN(CC(=O)N(CC)c2ccccc2)CC1.Cl. The van der Waals surface area contributed by atoms with E-state index in [-0.39, 0.29) is 18.3 Å². The van der Waals surface area contributed by atoms with E-state index in [2.05, 4.69) is 17.1 Å². The molecule has 0 unspecified atom stereocenters. The number of likely N-dealkylation sites (N-methyl/N-ethyl adjacent to an activating group) is 1. The van der Waals surface area contributed by atoms with Gasteiger partial charge in [-0.15, -0.1) is 12.4 Å². The van der Waals surface area contributed by atoms with E-state index < -0.39 is 0 Å². The molecule has 0 radical (unpaired) electrons. The van der Waals surface area contributed by atoms with Crippen molar-refractivity contribution in [3.8, 4) is 0 Å². The average Bonchev–Trinajstić information content (AvgIpc) is 2.56. The molecule has 5 heteroatoms. The number of halogens is 1. The van der Waals surface area contributed by atoms with Crippen LogP contribution >= 0.6 is 12.4 Å². The van der Waals surface area contributed by atoms with Crippen molar-refractivity contribution >= 4 is 24.0 Å². The molecule has 1 saturated heterocycles. The molecular formula is C18H30ClN3O. The van der Waals surface area contributed by atoms with Crippen molar-refractivity contribution in [2.45, 2.75) is 26.7 Å². The molecule has 23 heavy (non-hydrogen) atoms. The molecule has 1 fully saturated rings. The number of rotatable bonds is 7. The van der Waals surface area contributed by atoms with Crippen LogP contribution in [0, 0.1) is 5.92 Å². The molecule has 1 aliphatic rings. The first kappa shape index (κ1) is 19.9. The zero-order chi connectivity index (χ0) is 15.8. The number of piperidine rings is 1. The standard InChI is InChI=1S/C18H29N3O.ClH/c1-3-19-14-16-10-12-20(13-11-16)15-18(22)21(4-2)17-8-6-5-7-9-17;/h5-9,16,19H,3-4,10-15H2,1-2H3;1H. The zero-order valence-electron chi connectivity index (χ0n) is 14.3. The van der Waals surface area contributed by atoms with Crippen LogP contribution in [0.25, 0.3) is 0 Å². The Kier molecular flexibility index (Phi) is 9.22. The summed E-state index contributed by atoms with van der Waals surface area (Å²) in [5.74, 6) is 0.974. The van der Waals surface area contributed by atoms with Crippen molar-refractivity contribution in [3.05, 3.63) is 30.3 Å². The predicted octanol–water partition coefficient (Wildman–Crippen LogP) is 2.78. The highest BCUT2D eigenvalue weighted by molar-refractivity contribution is 5.94. The Balaban J connectivity index is 0.00000264. The molecule has 0 saturated carbocycles. The van der Waals surface area contributed by atoms with Crippen LogP contribution in [0.5, 0.6) is 0 Å². The molecule has 4 nitrogen and oxygen atoms in total. The van der Waals surface area contributed by atoms with Gasteiger partial charge in [0.2, 0.25) is 5.91 Å². The molecule has 0 spiro atoms. The Morgan fingerprint density at radius 1 is 1.22 bits per heavy atom. The van der Waals surface area contributed by atoms with Crippen LogP contribution in [0.3, 0.4) is 0 Å². The minimum atomic E-state index is 0. The van der Waals surface area contributed by atoms with Gasteiger partial charge in [-0.25, -0.2) is 0 Å². The van der Waals surface area contributed by atoms with E-state index in [1.54, 1.807) is 0 Å². The monoisotopic (exact) mass is 339 g/mol. The van der Waals surface area contributed by atoms with Crippen LogP contribution in [0.4, 0.5) is 5.69 Å². The number of likely N-dealkylation sites (tertiary alicyclic amines) is 1. The fourth-order valence-electron chi connectivity index (χ4n) is 3.08. The molecule has 1 aliphatic heterocycles. The molecule has 1 heterocycles. The van der Waals surface area contributed by atoms with Gasteiger partial charge in [-0.1, -0.05) is 25.1 Å². The quantitative estimate of drug-likeness (QED) is 0.829. The van der Waals surface area contributed by atoms with Crippen molar-refractivity contribution in [1.82, 2.24) is 10.2 Å². The maximum Gasteiger partial charge on any atom is 0.241 e. The maximum atomic E-state index is 12.6. The molecule has 1 aromatic carbocycles. The van der Waals surface area contributed by atoms with E-state index in [9.17, 15) is 4.79 Å². The Bertz CT molecular complexity index is 447. The minimum absolute atomic E-state index is 0. The second-order valence-electron chi connectivity index (χ2n) is 6.00. The van der Waals surface area contributed by atoms with Crippen LogP contribution < -0.4 is 10.2 Å². The second kappa shape index (κ2) is 10.6. The number of amides is 1. The lowest BCUT2D eigenvalue weighted by Gasteiger charge is -2.33. The molecular weight excluding hydrogens is 310 g/mol. The minimum Gasteiger partial charge on any atom is -0.317 e. The summed E-state index contributed by atoms with van der Waals surface area (Å²) in [6.07, 6.45) is 2.38. The van der Waals surface area contributed by atoms with Gasteiger partial charge in [-0.05, 0) is 64.0 Å². The molecule has 130 valence electrons. The Morgan fingerprint density at radius 3 is 2.43 bits per heavy atom. The summed E-state index contributed by atoms with van der Waals surface area (Å²) in [5, 5.41) is 3.43. The summed E-state index contributed by atoms with van der Waals surface area (Å²) < 4.78 is 0. The first-order valence-electron chi connectivity index (χ1n) is 8.53. The highest BCUT2D eigenvalue weighted by Gasteiger charge is 2.22. The molecule has 0 bridgehead atoms. The lowest BCUT2D eigenvalue weighted by atomic mass is 9.97. The van der Waals surface area contributed by atoms with E-state index in [4.69, 9.17) is 0 Å². The smallest absolute Gasteiger partial charge is 0.241 e. The van der Waals surface area contributed by atoms with Gasteiger partial charge < -0.3 is 10.2 Å². The van der Waals surface area contributed by atoms with E-state index in [1.165, 1.54) is 12.8 Å². The number of hydrogen-bond acceptors (Lipinski definition) is 3. The topological polar surface area (TPSA) is 35.6 Å². The second-order valence-corrected chi connectivity index (χ2v) is 6.00. The van der Waals surface area contributed by atoms with Crippen LogP contribution in [0.1, 0.15) is 26.7 Å². The lowest BCUT2D eigenvalue weighted by Crippen LogP contribution is -2.44. The number of anilines is 1. The summed E-state index contributed by atoms with van der Waals surface area (Å²) >= 11 is 0. The van der Waals surface area contributed by atoms with Crippen molar-refractivity contribution < 1.29 is 4.79 Å².